The number of nitrogens with zero attached hydrogens (tertiary/aromatic N) is 7. The van der Waals surface area contributed by atoms with Crippen molar-refractivity contribution in [3.63, 3.8) is 0 Å². The second kappa shape index (κ2) is 5.72. The van der Waals surface area contributed by atoms with Crippen LogP contribution < -0.4 is 0 Å². The molecule has 0 aliphatic heterocycles. The van der Waals surface area contributed by atoms with Gasteiger partial charge in [0.2, 0.25) is 0 Å². The second-order valence-electron chi connectivity index (χ2n) is 5.31. The predicted octanol–water partition coefficient (Wildman–Crippen LogP) is 1.18. The first-order valence-electron chi connectivity index (χ1n) is 6.92. The van der Waals surface area contributed by atoms with Gasteiger partial charge in [-0.05, 0) is 0 Å². The van der Waals surface area contributed by atoms with Gasteiger partial charge in [-0.15, -0.1) is 5.10 Å². The van der Waals surface area contributed by atoms with Gasteiger partial charge in [-0.1, -0.05) is 5.21 Å². The Hall–Kier alpha value is -3.18. The number of carboxylic acids is 1. The maximum absolute atomic E-state index is 13.0. The summed E-state index contributed by atoms with van der Waals surface area (Å²) in [5, 5.41) is 24.1. The van der Waals surface area contributed by atoms with E-state index in [1.165, 1.54) is 42.0 Å². The second-order valence-corrected chi connectivity index (χ2v) is 5.31. The highest BCUT2D eigenvalue weighted by molar-refractivity contribution is 5.93. The minimum absolute atomic E-state index is 0.0731. The molecule has 0 spiro atoms. The van der Waals surface area contributed by atoms with Crippen molar-refractivity contribution < 1.29 is 23.1 Å². The van der Waals surface area contributed by atoms with Crippen molar-refractivity contribution >= 4 is 5.97 Å². The summed E-state index contributed by atoms with van der Waals surface area (Å²) in [6, 6.07) is 0. The van der Waals surface area contributed by atoms with E-state index in [9.17, 15) is 23.1 Å². The number of aromatic nitrogens is 7. The molecule has 9 nitrogen and oxygen atoms in total. The molecule has 0 saturated heterocycles. The molecule has 25 heavy (non-hydrogen) atoms. The molecule has 3 rings (SSSR count). The molecule has 0 saturated carbocycles. The summed E-state index contributed by atoms with van der Waals surface area (Å²) >= 11 is 0. The summed E-state index contributed by atoms with van der Waals surface area (Å²) in [5.41, 5.74) is -0.744. The smallest absolute Gasteiger partial charge is 0.435 e. The van der Waals surface area contributed by atoms with E-state index < -0.39 is 17.8 Å². The van der Waals surface area contributed by atoms with E-state index in [-0.39, 0.29) is 29.1 Å². The minimum atomic E-state index is -4.58. The van der Waals surface area contributed by atoms with E-state index in [1.54, 1.807) is 0 Å². The number of hydrogen-bond acceptors (Lipinski definition) is 5. The third-order valence-corrected chi connectivity index (χ3v) is 3.46. The number of rotatable bonds is 4. The zero-order valence-corrected chi connectivity index (χ0v) is 13.1. The monoisotopic (exact) mass is 355 g/mol. The van der Waals surface area contributed by atoms with Crippen LogP contribution in [0.2, 0.25) is 0 Å². The standard InChI is InChI=1S/C13H12F3N7O2/c1-21-4-7(11(19-21)13(14,15)16)5-23-6-9(18-20-23)8-3-17-22(2)10(8)12(24)25/h3-4,6H,5H2,1-2H3,(H,24,25). The summed E-state index contributed by atoms with van der Waals surface area (Å²) in [4.78, 5) is 11.3. The lowest BCUT2D eigenvalue weighted by molar-refractivity contribution is -0.142. The number of alkyl halides is 3. The molecule has 0 unspecified atom stereocenters. The van der Waals surface area contributed by atoms with E-state index >= 15 is 0 Å². The zero-order valence-electron chi connectivity index (χ0n) is 13.1. The van der Waals surface area contributed by atoms with Gasteiger partial charge in [0.15, 0.2) is 11.4 Å². The lowest BCUT2D eigenvalue weighted by Gasteiger charge is -2.05. The summed E-state index contributed by atoms with van der Waals surface area (Å²) < 4.78 is 42.4. The fourth-order valence-electron chi connectivity index (χ4n) is 2.44. The Balaban J connectivity index is 1.93. The van der Waals surface area contributed by atoms with E-state index in [2.05, 4.69) is 20.5 Å². The van der Waals surface area contributed by atoms with Gasteiger partial charge < -0.3 is 5.11 Å². The molecule has 132 valence electrons. The van der Waals surface area contributed by atoms with Crippen LogP contribution in [0.4, 0.5) is 13.2 Å². The Labute approximate surface area is 138 Å². The largest absolute Gasteiger partial charge is 0.477 e. The van der Waals surface area contributed by atoms with Crippen LogP contribution in [0.3, 0.4) is 0 Å². The SMILES string of the molecule is Cn1cc(Cn2cc(-c3cnn(C)c3C(=O)O)nn2)c(C(F)(F)F)n1. The summed E-state index contributed by atoms with van der Waals surface area (Å²) in [5.74, 6) is -1.20. The number of aromatic carboxylic acids is 1. The molecule has 0 amide bonds. The van der Waals surface area contributed by atoms with Crippen LogP contribution in [0.15, 0.2) is 18.6 Å². The average molecular weight is 355 g/mol. The van der Waals surface area contributed by atoms with Crippen molar-refractivity contribution in [2.24, 2.45) is 14.1 Å². The third kappa shape index (κ3) is 3.09. The van der Waals surface area contributed by atoms with Gasteiger partial charge in [0.05, 0.1) is 24.5 Å². The first-order chi connectivity index (χ1) is 11.7. The van der Waals surface area contributed by atoms with Crippen LogP contribution in [0.5, 0.6) is 0 Å². The highest BCUT2D eigenvalue weighted by Crippen LogP contribution is 2.31. The molecule has 3 heterocycles. The molecule has 12 heteroatoms. The van der Waals surface area contributed by atoms with Crippen LogP contribution >= 0.6 is 0 Å². The third-order valence-electron chi connectivity index (χ3n) is 3.46. The number of hydrogen-bond donors (Lipinski definition) is 1. The van der Waals surface area contributed by atoms with Crippen LogP contribution in [0.1, 0.15) is 21.7 Å². The van der Waals surface area contributed by atoms with Crippen molar-refractivity contribution in [2.75, 3.05) is 0 Å². The molecule has 0 fully saturated rings. The van der Waals surface area contributed by atoms with Crippen LogP contribution in [0, 0.1) is 0 Å². The summed E-state index contributed by atoms with van der Waals surface area (Å²) in [7, 11) is 2.85. The Morgan fingerprint density at radius 3 is 2.64 bits per heavy atom. The lowest BCUT2D eigenvalue weighted by Crippen LogP contribution is -2.11. The van der Waals surface area contributed by atoms with E-state index in [1.807, 2.05) is 0 Å². The molecule has 3 aromatic rings. The van der Waals surface area contributed by atoms with Gasteiger partial charge in [-0.2, -0.15) is 23.4 Å². The van der Waals surface area contributed by atoms with Crippen molar-refractivity contribution in [1.82, 2.24) is 34.6 Å². The number of halogens is 3. The fourth-order valence-corrected chi connectivity index (χ4v) is 2.44. The highest BCUT2D eigenvalue weighted by atomic mass is 19.4. The maximum Gasteiger partial charge on any atom is 0.435 e. The number of aryl methyl sites for hydroxylation is 2. The van der Waals surface area contributed by atoms with E-state index in [0.717, 1.165) is 4.68 Å². The molecule has 0 radical (unpaired) electrons. The van der Waals surface area contributed by atoms with Gasteiger partial charge in [-0.3, -0.25) is 9.36 Å². The molecule has 0 bridgehead atoms. The zero-order chi connectivity index (χ0) is 18.4. The van der Waals surface area contributed by atoms with Crippen LogP contribution in [0.25, 0.3) is 11.3 Å². The van der Waals surface area contributed by atoms with Crippen molar-refractivity contribution in [3.8, 4) is 11.3 Å². The number of carboxylic acid groups (broad SMARTS) is 1. The Bertz CT molecular complexity index is 938. The first kappa shape index (κ1) is 16.7. The molecule has 0 aliphatic carbocycles. The lowest BCUT2D eigenvalue weighted by atomic mass is 10.2. The topological polar surface area (TPSA) is 104 Å². The van der Waals surface area contributed by atoms with E-state index in [4.69, 9.17) is 0 Å². The molecule has 3 aromatic heterocycles. The summed E-state index contributed by atoms with van der Waals surface area (Å²) in [6.45, 7) is -0.210. The van der Waals surface area contributed by atoms with Crippen molar-refractivity contribution in [1.29, 1.82) is 0 Å². The average Bonchev–Trinajstić information content (AvgIpc) is 3.17. The van der Waals surface area contributed by atoms with Crippen LogP contribution in [-0.2, 0) is 26.8 Å². The van der Waals surface area contributed by atoms with Gasteiger partial charge in [-0.25, -0.2) is 9.48 Å². The molecular formula is C13H12F3N7O2. The molecule has 0 aliphatic rings. The Kier molecular flexibility index (Phi) is 3.81. The molecule has 0 atom stereocenters. The normalized spacial score (nSPS) is 11.9. The van der Waals surface area contributed by atoms with Gasteiger partial charge in [0, 0.05) is 25.9 Å². The highest BCUT2D eigenvalue weighted by Gasteiger charge is 2.37. The van der Waals surface area contributed by atoms with Crippen molar-refractivity contribution in [3.05, 3.63) is 35.5 Å². The molecule has 0 aromatic carbocycles. The summed E-state index contributed by atoms with van der Waals surface area (Å²) in [6.07, 6.45) is -0.670. The maximum atomic E-state index is 13.0. The Morgan fingerprint density at radius 2 is 2.00 bits per heavy atom. The fraction of sp³-hybridized carbons (Fsp3) is 0.308. The van der Waals surface area contributed by atoms with Gasteiger partial charge in [0.1, 0.15) is 5.69 Å². The quantitative estimate of drug-likeness (QED) is 0.754. The van der Waals surface area contributed by atoms with Gasteiger partial charge >= 0.3 is 12.1 Å². The van der Waals surface area contributed by atoms with Crippen molar-refractivity contribution in [2.45, 2.75) is 12.7 Å². The predicted molar refractivity (Wildman–Crippen MR) is 76.5 cm³/mol. The molecular weight excluding hydrogens is 343 g/mol. The minimum Gasteiger partial charge on any atom is -0.477 e. The first-order valence-corrected chi connectivity index (χ1v) is 6.92. The van der Waals surface area contributed by atoms with Gasteiger partial charge in [0.25, 0.3) is 0 Å². The molecule has 1 N–H and O–H groups in total. The number of carbonyl (C=O) groups is 1. The Morgan fingerprint density at radius 1 is 1.28 bits per heavy atom. The van der Waals surface area contributed by atoms with Crippen LogP contribution in [-0.4, -0.2) is 45.6 Å². The van der Waals surface area contributed by atoms with E-state index in [0.29, 0.717) is 0 Å².